The maximum atomic E-state index is 13.5. The lowest BCUT2D eigenvalue weighted by atomic mass is 9.86. The molecule has 1 fully saturated rings. The maximum absolute atomic E-state index is 13.5. The average molecular weight is 371 g/mol. The fraction of sp³-hybridized carbons (Fsp3) is 0.435. The molecule has 4 heteroatoms. The quantitative estimate of drug-likeness (QED) is 0.543. The van der Waals surface area contributed by atoms with Gasteiger partial charge in [0.05, 0.1) is 6.67 Å². The standard InChI is InChI=1S/C23H31FN2O/c1-5-9-21(10-6-2)26-18-25(17-19-11-13-20(24)14-12-19)22(27)23(26,15-7-3)16-8-4/h5-6,9-14H,1,7-8,15-18H2,2-4H3/b10-6-,21-9+. The predicted molar refractivity (Wildman–Crippen MR) is 109 cm³/mol. The summed E-state index contributed by atoms with van der Waals surface area (Å²) in [4.78, 5) is 17.7. The van der Waals surface area contributed by atoms with E-state index < -0.39 is 5.54 Å². The number of nitrogens with zero attached hydrogens (tertiary/aromatic N) is 2. The highest BCUT2D eigenvalue weighted by molar-refractivity contribution is 5.89. The van der Waals surface area contributed by atoms with Crippen LogP contribution in [0.5, 0.6) is 0 Å². The maximum Gasteiger partial charge on any atom is 0.250 e. The molecular formula is C23H31FN2O. The van der Waals surface area contributed by atoms with Crippen molar-refractivity contribution >= 4 is 5.91 Å². The lowest BCUT2D eigenvalue weighted by Crippen LogP contribution is -2.48. The van der Waals surface area contributed by atoms with E-state index in [1.807, 2.05) is 30.1 Å². The van der Waals surface area contributed by atoms with Crippen LogP contribution in [0.3, 0.4) is 0 Å². The summed E-state index contributed by atoms with van der Waals surface area (Å²) in [7, 11) is 0. The average Bonchev–Trinajstić information content (AvgIpc) is 2.90. The van der Waals surface area contributed by atoms with Gasteiger partial charge in [-0.3, -0.25) is 4.79 Å². The highest BCUT2D eigenvalue weighted by Crippen LogP contribution is 2.39. The number of halogens is 1. The minimum Gasteiger partial charge on any atom is -0.339 e. The molecule has 0 aromatic heterocycles. The first-order valence-corrected chi connectivity index (χ1v) is 9.79. The van der Waals surface area contributed by atoms with Gasteiger partial charge in [0.25, 0.3) is 0 Å². The lowest BCUT2D eigenvalue weighted by Gasteiger charge is -2.37. The van der Waals surface area contributed by atoms with Crippen LogP contribution in [-0.4, -0.2) is 27.9 Å². The number of amides is 1. The first kappa shape index (κ1) is 20.9. The van der Waals surface area contributed by atoms with E-state index >= 15 is 0 Å². The third-order valence-corrected chi connectivity index (χ3v) is 5.07. The van der Waals surface area contributed by atoms with Gasteiger partial charge < -0.3 is 9.80 Å². The van der Waals surface area contributed by atoms with Crippen molar-refractivity contribution in [3.63, 3.8) is 0 Å². The smallest absolute Gasteiger partial charge is 0.250 e. The first-order chi connectivity index (χ1) is 13.0. The summed E-state index contributed by atoms with van der Waals surface area (Å²) in [5.41, 5.74) is 1.41. The van der Waals surface area contributed by atoms with Crippen LogP contribution in [-0.2, 0) is 11.3 Å². The van der Waals surface area contributed by atoms with Gasteiger partial charge in [-0.25, -0.2) is 4.39 Å². The number of rotatable bonds is 9. The van der Waals surface area contributed by atoms with E-state index in [0.29, 0.717) is 13.2 Å². The van der Waals surface area contributed by atoms with E-state index in [4.69, 9.17) is 0 Å². The van der Waals surface area contributed by atoms with Crippen LogP contribution in [0.4, 0.5) is 4.39 Å². The minimum absolute atomic E-state index is 0.162. The molecule has 0 spiro atoms. The Morgan fingerprint density at radius 1 is 1.22 bits per heavy atom. The monoisotopic (exact) mass is 370 g/mol. The number of hydrogen-bond acceptors (Lipinski definition) is 2. The summed E-state index contributed by atoms with van der Waals surface area (Å²) in [6, 6.07) is 6.39. The summed E-state index contributed by atoms with van der Waals surface area (Å²) in [6.07, 6.45) is 11.3. The van der Waals surface area contributed by atoms with E-state index in [-0.39, 0.29) is 11.7 Å². The van der Waals surface area contributed by atoms with Gasteiger partial charge in [0.2, 0.25) is 5.91 Å². The minimum atomic E-state index is -0.530. The van der Waals surface area contributed by atoms with Crippen molar-refractivity contribution in [2.75, 3.05) is 6.67 Å². The predicted octanol–water partition coefficient (Wildman–Crippen LogP) is 5.41. The summed E-state index contributed by atoms with van der Waals surface area (Å²) < 4.78 is 13.2. The molecule has 1 aromatic rings. The SMILES string of the molecule is C=C/C=C(\C=C/C)N1CN(Cc2ccc(F)cc2)C(=O)C1(CCC)CCC. The Morgan fingerprint density at radius 2 is 1.85 bits per heavy atom. The zero-order valence-corrected chi connectivity index (χ0v) is 16.7. The second kappa shape index (κ2) is 9.54. The van der Waals surface area contributed by atoms with E-state index in [0.717, 1.165) is 36.9 Å². The fourth-order valence-corrected chi connectivity index (χ4v) is 4.00. The van der Waals surface area contributed by atoms with Gasteiger partial charge >= 0.3 is 0 Å². The van der Waals surface area contributed by atoms with Crippen LogP contribution in [0.25, 0.3) is 0 Å². The molecule has 2 rings (SSSR count). The molecule has 0 bridgehead atoms. The molecule has 0 atom stereocenters. The molecule has 146 valence electrons. The second-order valence-electron chi connectivity index (χ2n) is 7.06. The molecule has 1 saturated heterocycles. The molecule has 3 nitrogen and oxygen atoms in total. The highest BCUT2D eigenvalue weighted by atomic mass is 19.1. The molecule has 0 radical (unpaired) electrons. The molecule has 1 amide bonds. The lowest BCUT2D eigenvalue weighted by molar-refractivity contribution is -0.134. The highest BCUT2D eigenvalue weighted by Gasteiger charge is 2.51. The molecule has 1 aliphatic heterocycles. The number of hydrogen-bond donors (Lipinski definition) is 0. The Labute approximate surface area is 162 Å². The molecule has 0 saturated carbocycles. The molecule has 0 N–H and O–H groups in total. The van der Waals surface area contributed by atoms with Crippen molar-refractivity contribution in [3.8, 4) is 0 Å². The van der Waals surface area contributed by atoms with E-state index in [1.165, 1.54) is 12.1 Å². The molecule has 0 aliphatic carbocycles. The van der Waals surface area contributed by atoms with Crippen LogP contribution in [0, 0.1) is 5.82 Å². The Bertz CT molecular complexity index is 700. The summed E-state index contributed by atoms with van der Waals surface area (Å²) in [5.74, 6) is -0.0984. The third-order valence-electron chi connectivity index (χ3n) is 5.07. The van der Waals surface area contributed by atoms with Gasteiger partial charge in [-0.2, -0.15) is 0 Å². The van der Waals surface area contributed by atoms with Gasteiger partial charge in [-0.05, 0) is 49.6 Å². The van der Waals surface area contributed by atoms with Crippen LogP contribution in [0.2, 0.25) is 0 Å². The van der Waals surface area contributed by atoms with Crippen molar-refractivity contribution in [1.82, 2.24) is 9.80 Å². The fourth-order valence-electron chi connectivity index (χ4n) is 4.00. The molecular weight excluding hydrogens is 339 g/mol. The zero-order chi connectivity index (χ0) is 19.9. The first-order valence-electron chi connectivity index (χ1n) is 9.79. The Balaban J connectivity index is 2.42. The Kier molecular flexibility index (Phi) is 7.40. The van der Waals surface area contributed by atoms with Crippen molar-refractivity contribution in [2.24, 2.45) is 0 Å². The number of allylic oxidation sites excluding steroid dienone is 4. The zero-order valence-electron chi connectivity index (χ0n) is 16.7. The number of carbonyl (C=O) groups is 1. The van der Waals surface area contributed by atoms with Gasteiger partial charge in [-0.1, -0.05) is 57.6 Å². The van der Waals surface area contributed by atoms with E-state index in [1.54, 1.807) is 18.2 Å². The topological polar surface area (TPSA) is 23.6 Å². The van der Waals surface area contributed by atoms with Crippen molar-refractivity contribution in [3.05, 3.63) is 72.2 Å². The van der Waals surface area contributed by atoms with Gasteiger partial charge in [0.1, 0.15) is 11.4 Å². The largest absolute Gasteiger partial charge is 0.339 e. The normalized spacial score (nSPS) is 17.2. The molecule has 1 aromatic carbocycles. The van der Waals surface area contributed by atoms with Gasteiger partial charge in [-0.15, -0.1) is 0 Å². The Morgan fingerprint density at radius 3 is 2.37 bits per heavy atom. The second-order valence-corrected chi connectivity index (χ2v) is 7.06. The van der Waals surface area contributed by atoms with Crippen LogP contribution in [0.15, 0.2) is 60.8 Å². The summed E-state index contributed by atoms with van der Waals surface area (Å²) in [5, 5.41) is 0. The molecule has 1 aliphatic rings. The summed E-state index contributed by atoms with van der Waals surface area (Å²) in [6.45, 7) is 11.1. The van der Waals surface area contributed by atoms with Crippen LogP contribution >= 0.6 is 0 Å². The molecule has 1 heterocycles. The van der Waals surface area contributed by atoms with Crippen molar-refractivity contribution in [1.29, 1.82) is 0 Å². The molecule has 27 heavy (non-hydrogen) atoms. The molecule has 0 unspecified atom stereocenters. The summed E-state index contributed by atoms with van der Waals surface area (Å²) >= 11 is 0. The van der Waals surface area contributed by atoms with E-state index in [9.17, 15) is 9.18 Å². The van der Waals surface area contributed by atoms with Crippen LogP contribution in [0.1, 0.15) is 52.0 Å². The van der Waals surface area contributed by atoms with Crippen molar-refractivity contribution < 1.29 is 9.18 Å². The number of carbonyl (C=O) groups excluding carboxylic acids is 1. The van der Waals surface area contributed by atoms with Crippen molar-refractivity contribution in [2.45, 2.75) is 58.5 Å². The number of benzene rings is 1. The van der Waals surface area contributed by atoms with E-state index in [2.05, 4.69) is 25.3 Å². The van der Waals surface area contributed by atoms with Gasteiger partial charge in [0.15, 0.2) is 0 Å². The van der Waals surface area contributed by atoms with Crippen LogP contribution < -0.4 is 0 Å². The van der Waals surface area contributed by atoms with Gasteiger partial charge in [0, 0.05) is 12.2 Å². The third kappa shape index (κ3) is 4.49. The Hall–Kier alpha value is -2.36.